The molecule has 1 amide bonds. The van der Waals surface area contributed by atoms with Gasteiger partial charge >= 0.3 is 6.61 Å². The average molecular weight is 354 g/mol. The van der Waals surface area contributed by atoms with Crippen LogP contribution in [0.2, 0.25) is 5.02 Å². The van der Waals surface area contributed by atoms with Gasteiger partial charge in [0, 0.05) is 10.1 Å². The quantitative estimate of drug-likeness (QED) is 0.681. The highest BCUT2D eigenvalue weighted by Crippen LogP contribution is 2.36. The third-order valence-electron chi connectivity index (χ3n) is 3.09. The molecule has 0 bridgehead atoms. The number of ether oxygens (including phenoxy) is 1. The van der Waals surface area contributed by atoms with E-state index >= 15 is 0 Å². The molecule has 0 aliphatic heterocycles. The Kier molecular flexibility index (Phi) is 4.45. The van der Waals surface area contributed by atoms with Gasteiger partial charge in [0.15, 0.2) is 0 Å². The van der Waals surface area contributed by atoms with Crippen LogP contribution in [0.5, 0.6) is 5.75 Å². The van der Waals surface area contributed by atoms with Gasteiger partial charge in [-0.05, 0) is 18.2 Å². The van der Waals surface area contributed by atoms with Crippen molar-refractivity contribution in [3.05, 3.63) is 58.4 Å². The Hall–Kier alpha value is -2.18. The molecule has 3 rings (SSSR count). The third kappa shape index (κ3) is 3.28. The van der Waals surface area contributed by atoms with Crippen LogP contribution in [-0.4, -0.2) is 12.5 Å². The molecule has 0 fully saturated rings. The van der Waals surface area contributed by atoms with E-state index in [0.29, 0.717) is 9.90 Å². The van der Waals surface area contributed by atoms with Crippen LogP contribution in [0.25, 0.3) is 10.1 Å². The molecule has 0 atom stereocenters. The number of nitrogens with one attached hydrogen (secondary N) is 1. The topological polar surface area (TPSA) is 38.3 Å². The highest BCUT2D eigenvalue weighted by Gasteiger charge is 2.18. The highest BCUT2D eigenvalue weighted by atomic mass is 35.5. The van der Waals surface area contributed by atoms with Crippen molar-refractivity contribution in [1.29, 1.82) is 0 Å². The number of rotatable bonds is 4. The fourth-order valence-electron chi connectivity index (χ4n) is 2.11. The molecule has 2 aromatic carbocycles. The van der Waals surface area contributed by atoms with Crippen molar-refractivity contribution >= 4 is 44.6 Å². The van der Waals surface area contributed by atoms with Crippen molar-refractivity contribution in [2.24, 2.45) is 0 Å². The van der Waals surface area contributed by atoms with Crippen LogP contribution in [0.1, 0.15) is 9.67 Å². The van der Waals surface area contributed by atoms with Crippen LogP contribution in [0.15, 0.2) is 48.5 Å². The smallest absolute Gasteiger partial charge is 0.387 e. The van der Waals surface area contributed by atoms with Crippen molar-refractivity contribution in [3.8, 4) is 5.75 Å². The molecule has 0 radical (unpaired) electrons. The number of para-hydroxylation sites is 2. The third-order valence-corrected chi connectivity index (χ3v) is 4.77. The molecule has 1 heterocycles. The van der Waals surface area contributed by atoms with Crippen molar-refractivity contribution in [1.82, 2.24) is 0 Å². The first-order valence-electron chi connectivity index (χ1n) is 6.58. The Morgan fingerprint density at radius 1 is 1.13 bits per heavy atom. The number of anilines is 1. The number of hydrogen-bond donors (Lipinski definition) is 1. The number of fused-ring (bicyclic) bond motifs is 1. The van der Waals surface area contributed by atoms with Crippen molar-refractivity contribution in [2.75, 3.05) is 5.32 Å². The predicted octanol–water partition coefficient (Wildman–Crippen LogP) is 5.41. The number of alkyl halides is 2. The first-order valence-corrected chi connectivity index (χ1v) is 7.78. The summed E-state index contributed by atoms with van der Waals surface area (Å²) >= 11 is 7.48. The van der Waals surface area contributed by atoms with E-state index in [2.05, 4.69) is 10.1 Å². The molecule has 0 aliphatic rings. The Labute approximate surface area is 139 Å². The molecule has 3 aromatic rings. The van der Waals surface area contributed by atoms with Crippen molar-refractivity contribution < 1.29 is 18.3 Å². The molecule has 3 nitrogen and oxygen atoms in total. The lowest BCUT2D eigenvalue weighted by Crippen LogP contribution is -2.13. The number of carbonyl (C=O) groups is 1. The number of hydrogen-bond acceptors (Lipinski definition) is 3. The molecular weight excluding hydrogens is 344 g/mol. The van der Waals surface area contributed by atoms with Crippen LogP contribution in [-0.2, 0) is 0 Å². The van der Waals surface area contributed by atoms with Gasteiger partial charge in [-0.2, -0.15) is 8.78 Å². The minimum Gasteiger partial charge on any atom is -0.433 e. The second-order valence-electron chi connectivity index (χ2n) is 4.57. The van der Waals surface area contributed by atoms with E-state index in [1.54, 1.807) is 12.1 Å². The lowest BCUT2D eigenvalue weighted by Gasteiger charge is -2.11. The van der Waals surface area contributed by atoms with E-state index in [9.17, 15) is 13.6 Å². The van der Waals surface area contributed by atoms with Crippen LogP contribution in [0.3, 0.4) is 0 Å². The fourth-order valence-corrected chi connectivity index (χ4v) is 3.52. The molecule has 1 aromatic heterocycles. The molecule has 7 heteroatoms. The maximum atomic E-state index is 12.4. The van der Waals surface area contributed by atoms with Gasteiger partial charge in [-0.25, -0.2) is 0 Å². The zero-order valence-electron chi connectivity index (χ0n) is 11.6. The lowest BCUT2D eigenvalue weighted by atomic mass is 10.2. The van der Waals surface area contributed by atoms with Gasteiger partial charge in [-0.3, -0.25) is 4.79 Å². The van der Waals surface area contributed by atoms with Gasteiger partial charge in [0.2, 0.25) is 0 Å². The van der Waals surface area contributed by atoms with E-state index in [1.165, 1.54) is 23.5 Å². The second-order valence-corrected chi connectivity index (χ2v) is 6.00. The average Bonchev–Trinajstić information content (AvgIpc) is 2.86. The van der Waals surface area contributed by atoms with Crippen LogP contribution in [0.4, 0.5) is 14.5 Å². The predicted molar refractivity (Wildman–Crippen MR) is 87.9 cm³/mol. The summed E-state index contributed by atoms with van der Waals surface area (Å²) in [6, 6.07) is 13.3. The minimum absolute atomic E-state index is 0.104. The molecule has 1 N–H and O–H groups in total. The molecule has 0 aliphatic carbocycles. The van der Waals surface area contributed by atoms with E-state index in [4.69, 9.17) is 11.6 Å². The summed E-state index contributed by atoms with van der Waals surface area (Å²) in [6.45, 7) is -2.97. The summed E-state index contributed by atoms with van der Waals surface area (Å²) < 4.78 is 30.1. The van der Waals surface area contributed by atoms with E-state index < -0.39 is 12.5 Å². The van der Waals surface area contributed by atoms with E-state index in [-0.39, 0.29) is 11.4 Å². The van der Waals surface area contributed by atoms with Crippen LogP contribution in [0, 0.1) is 0 Å². The summed E-state index contributed by atoms with van der Waals surface area (Å²) in [5, 5.41) is 3.68. The Balaban J connectivity index is 1.91. The summed E-state index contributed by atoms with van der Waals surface area (Å²) in [4.78, 5) is 12.7. The zero-order chi connectivity index (χ0) is 16.4. The van der Waals surface area contributed by atoms with Crippen molar-refractivity contribution in [3.63, 3.8) is 0 Å². The Morgan fingerprint density at radius 2 is 1.83 bits per heavy atom. The Morgan fingerprint density at radius 3 is 2.57 bits per heavy atom. The maximum Gasteiger partial charge on any atom is 0.387 e. The molecule has 118 valence electrons. The van der Waals surface area contributed by atoms with Gasteiger partial charge in [-0.1, -0.05) is 41.9 Å². The standard InChI is InChI=1S/C16H10ClF2NO2S/c17-13-9-5-1-4-8-12(9)23-14(13)15(21)20-10-6-2-3-7-11(10)22-16(18)19/h1-8,16H,(H,20,21). The maximum absolute atomic E-state index is 12.4. The van der Waals surface area contributed by atoms with Gasteiger partial charge in [0.05, 0.1) is 10.7 Å². The van der Waals surface area contributed by atoms with E-state index in [0.717, 1.165) is 10.1 Å². The van der Waals surface area contributed by atoms with Gasteiger partial charge in [0.1, 0.15) is 10.6 Å². The van der Waals surface area contributed by atoms with E-state index in [1.807, 2.05) is 24.3 Å². The highest BCUT2D eigenvalue weighted by molar-refractivity contribution is 7.21. The number of halogens is 3. The zero-order valence-corrected chi connectivity index (χ0v) is 13.1. The fraction of sp³-hybridized carbons (Fsp3) is 0.0625. The monoisotopic (exact) mass is 353 g/mol. The van der Waals surface area contributed by atoms with Gasteiger partial charge in [-0.15, -0.1) is 11.3 Å². The number of amides is 1. The first kappa shape index (κ1) is 15.7. The number of carbonyl (C=O) groups excluding carboxylic acids is 1. The van der Waals surface area contributed by atoms with Crippen LogP contribution >= 0.6 is 22.9 Å². The number of thiophene rings is 1. The molecule has 0 unspecified atom stereocenters. The largest absolute Gasteiger partial charge is 0.433 e. The molecule has 23 heavy (non-hydrogen) atoms. The molecule has 0 saturated carbocycles. The molecule has 0 spiro atoms. The molecular formula is C16H10ClF2NO2S. The SMILES string of the molecule is O=C(Nc1ccccc1OC(F)F)c1sc2ccccc2c1Cl. The summed E-state index contributed by atoms with van der Waals surface area (Å²) in [6.07, 6.45) is 0. The second kappa shape index (κ2) is 6.52. The van der Waals surface area contributed by atoms with Gasteiger partial charge < -0.3 is 10.1 Å². The summed E-state index contributed by atoms with van der Waals surface area (Å²) in [5.74, 6) is -0.574. The lowest BCUT2D eigenvalue weighted by molar-refractivity contribution is -0.0493. The van der Waals surface area contributed by atoms with Crippen LogP contribution < -0.4 is 10.1 Å². The minimum atomic E-state index is -2.97. The summed E-state index contributed by atoms with van der Waals surface area (Å²) in [7, 11) is 0. The number of benzene rings is 2. The van der Waals surface area contributed by atoms with Gasteiger partial charge in [0.25, 0.3) is 5.91 Å². The van der Waals surface area contributed by atoms with Crippen molar-refractivity contribution in [2.45, 2.75) is 6.61 Å². The first-order chi connectivity index (χ1) is 11.1. The Bertz CT molecular complexity index is 866. The molecule has 0 saturated heterocycles. The summed E-state index contributed by atoms with van der Waals surface area (Å²) in [5.41, 5.74) is 0.159. The normalized spacial score (nSPS) is 11.0.